The van der Waals surface area contributed by atoms with Gasteiger partial charge in [0.15, 0.2) is 6.04 Å². The Bertz CT molecular complexity index is 822. The molecule has 4 N–H and O–H groups in total. The minimum atomic E-state index is -4.88. The van der Waals surface area contributed by atoms with Crippen molar-refractivity contribution in [3.63, 3.8) is 0 Å². The van der Waals surface area contributed by atoms with Gasteiger partial charge in [-0.05, 0) is 19.8 Å². The van der Waals surface area contributed by atoms with Gasteiger partial charge in [0.2, 0.25) is 5.91 Å². The lowest BCUT2D eigenvalue weighted by atomic mass is 10.1. The number of unbranched alkanes of at least 4 members (excludes halogenated alkanes) is 7. The molecule has 0 aliphatic rings. The number of amides is 1. The molecule has 0 aliphatic carbocycles. The SMILES string of the molecule is CCCCCCCCC/C=C/C=C/C=C/C=C/C=C/C=C/C(=O)N[C@H](C(=O)O)C(C)OP(=O)(O)O. The summed E-state index contributed by atoms with van der Waals surface area (Å²) in [6.45, 7) is 3.37. The number of hydrogen-bond acceptors (Lipinski definition) is 4. The van der Waals surface area contributed by atoms with Crippen molar-refractivity contribution in [1.29, 1.82) is 0 Å². The smallest absolute Gasteiger partial charge is 0.469 e. The lowest BCUT2D eigenvalue weighted by Gasteiger charge is -2.21. The third-order valence-corrected chi connectivity index (χ3v) is 5.30. The van der Waals surface area contributed by atoms with Crippen molar-refractivity contribution in [1.82, 2.24) is 5.32 Å². The molecule has 1 amide bonds. The maximum atomic E-state index is 11.8. The van der Waals surface area contributed by atoms with Gasteiger partial charge in [-0.2, -0.15) is 0 Å². The first-order chi connectivity index (χ1) is 16.7. The molecule has 0 radical (unpaired) electrons. The van der Waals surface area contributed by atoms with Crippen LogP contribution in [0, 0.1) is 0 Å². The van der Waals surface area contributed by atoms with Gasteiger partial charge in [-0.3, -0.25) is 9.32 Å². The first-order valence-corrected chi connectivity index (χ1v) is 13.5. The van der Waals surface area contributed by atoms with Crippen molar-refractivity contribution in [2.45, 2.75) is 77.4 Å². The van der Waals surface area contributed by atoms with Gasteiger partial charge in [0.25, 0.3) is 0 Å². The highest BCUT2D eigenvalue weighted by Crippen LogP contribution is 2.38. The van der Waals surface area contributed by atoms with Crippen LogP contribution in [0.5, 0.6) is 0 Å². The molecule has 0 aromatic heterocycles. The van der Waals surface area contributed by atoms with Crippen LogP contribution in [0.25, 0.3) is 0 Å². The van der Waals surface area contributed by atoms with E-state index in [9.17, 15) is 14.2 Å². The number of phosphoric acid groups is 1. The van der Waals surface area contributed by atoms with Crippen LogP contribution < -0.4 is 5.32 Å². The zero-order chi connectivity index (χ0) is 26.4. The molecule has 0 aromatic rings. The van der Waals surface area contributed by atoms with E-state index in [1.165, 1.54) is 51.0 Å². The number of aliphatic carboxylic acids is 1. The molecule has 0 fully saturated rings. The molecular formula is C26H40NO7P. The molecule has 0 rings (SSSR count). The Balaban J connectivity index is 4.16. The number of carboxylic acid groups (broad SMARTS) is 1. The lowest BCUT2D eigenvalue weighted by molar-refractivity contribution is -0.143. The number of rotatable bonds is 19. The van der Waals surface area contributed by atoms with E-state index in [1.54, 1.807) is 18.2 Å². The first-order valence-electron chi connectivity index (χ1n) is 11.9. The average Bonchev–Trinajstić information content (AvgIpc) is 2.77. The molecule has 2 atom stereocenters. The van der Waals surface area contributed by atoms with E-state index in [1.807, 2.05) is 30.4 Å². The fraction of sp³-hybridized carbons (Fsp3) is 0.462. The largest absolute Gasteiger partial charge is 0.480 e. The van der Waals surface area contributed by atoms with Crippen molar-refractivity contribution in [3.05, 3.63) is 72.9 Å². The summed E-state index contributed by atoms with van der Waals surface area (Å²) < 4.78 is 15.2. The van der Waals surface area contributed by atoms with Crippen molar-refractivity contribution in [2.75, 3.05) is 0 Å². The van der Waals surface area contributed by atoms with Gasteiger partial charge in [0, 0.05) is 6.08 Å². The Morgan fingerprint density at radius 2 is 1.31 bits per heavy atom. The highest BCUT2D eigenvalue weighted by Gasteiger charge is 2.31. The Morgan fingerprint density at radius 1 is 0.829 bits per heavy atom. The minimum absolute atomic E-state index is 0.739. The maximum Gasteiger partial charge on any atom is 0.469 e. The molecule has 0 aliphatic heterocycles. The Hall–Kier alpha value is -2.51. The van der Waals surface area contributed by atoms with Crippen molar-refractivity contribution < 1.29 is 33.6 Å². The second-order valence-electron chi connectivity index (χ2n) is 7.86. The van der Waals surface area contributed by atoms with Crippen LogP contribution >= 0.6 is 7.82 Å². The van der Waals surface area contributed by atoms with E-state index >= 15 is 0 Å². The molecular weight excluding hydrogens is 469 g/mol. The molecule has 0 spiro atoms. The van der Waals surface area contributed by atoms with Gasteiger partial charge < -0.3 is 20.2 Å². The number of carbonyl (C=O) groups is 2. The Kier molecular flexibility index (Phi) is 19.3. The molecule has 8 nitrogen and oxygen atoms in total. The number of hydrogen-bond donors (Lipinski definition) is 4. The fourth-order valence-electron chi connectivity index (χ4n) is 2.91. The normalized spacial score (nSPS) is 14.9. The third kappa shape index (κ3) is 21.7. The quantitative estimate of drug-likeness (QED) is 0.0778. The second-order valence-corrected chi connectivity index (χ2v) is 9.05. The van der Waals surface area contributed by atoms with Crippen LogP contribution in [0.3, 0.4) is 0 Å². The molecule has 0 saturated carbocycles. The lowest BCUT2D eigenvalue weighted by Crippen LogP contribution is -2.47. The molecule has 196 valence electrons. The predicted molar refractivity (Wildman–Crippen MR) is 140 cm³/mol. The topological polar surface area (TPSA) is 133 Å². The van der Waals surface area contributed by atoms with E-state index in [2.05, 4.69) is 28.9 Å². The number of nitrogens with one attached hydrogen (secondary N) is 1. The van der Waals surface area contributed by atoms with E-state index in [0.717, 1.165) is 19.4 Å². The molecule has 9 heteroatoms. The zero-order valence-corrected chi connectivity index (χ0v) is 21.6. The van der Waals surface area contributed by atoms with Gasteiger partial charge in [-0.15, -0.1) is 0 Å². The number of phosphoric ester groups is 1. The van der Waals surface area contributed by atoms with Gasteiger partial charge >= 0.3 is 13.8 Å². The van der Waals surface area contributed by atoms with Crippen molar-refractivity contribution >= 4 is 19.7 Å². The van der Waals surface area contributed by atoms with Gasteiger partial charge in [-0.1, -0.05) is 112 Å². The van der Waals surface area contributed by atoms with E-state index in [-0.39, 0.29) is 0 Å². The number of allylic oxidation sites excluding steroid dienone is 11. The van der Waals surface area contributed by atoms with Gasteiger partial charge in [0.05, 0.1) is 6.10 Å². The van der Waals surface area contributed by atoms with Crippen LogP contribution in [0.4, 0.5) is 0 Å². The summed E-state index contributed by atoms with van der Waals surface area (Å²) in [4.78, 5) is 40.6. The van der Waals surface area contributed by atoms with Crippen molar-refractivity contribution in [2.24, 2.45) is 0 Å². The monoisotopic (exact) mass is 509 g/mol. The van der Waals surface area contributed by atoms with E-state index in [4.69, 9.17) is 14.9 Å². The summed E-state index contributed by atoms with van der Waals surface area (Å²) >= 11 is 0. The molecule has 0 saturated heterocycles. The molecule has 1 unspecified atom stereocenters. The maximum absolute atomic E-state index is 11.8. The van der Waals surface area contributed by atoms with Crippen molar-refractivity contribution in [3.8, 4) is 0 Å². The molecule has 0 aromatic carbocycles. The summed E-state index contributed by atoms with van der Waals surface area (Å²) in [6.07, 6.45) is 30.2. The third-order valence-electron chi connectivity index (χ3n) is 4.69. The van der Waals surface area contributed by atoms with E-state index < -0.39 is 31.8 Å². The summed E-state index contributed by atoms with van der Waals surface area (Å²) in [5.74, 6) is -2.21. The van der Waals surface area contributed by atoms with Gasteiger partial charge in [0.1, 0.15) is 0 Å². The van der Waals surface area contributed by atoms with Crippen LogP contribution in [0.1, 0.15) is 65.2 Å². The number of carboxylic acids is 1. The highest BCUT2D eigenvalue weighted by molar-refractivity contribution is 7.46. The Morgan fingerprint density at radius 3 is 1.83 bits per heavy atom. The first kappa shape index (κ1) is 32.5. The standard InChI is InChI=1S/C26H40NO7P/c1-3-4-5-6-7-8-9-10-11-12-13-14-15-16-17-18-19-20-21-22-24(28)27-25(26(29)30)23(2)34-35(31,32)33/h11-23,25H,3-10H2,1-2H3,(H,27,28)(H,29,30)(H2,31,32,33)/b12-11+,14-13+,16-15+,18-17+,20-19+,22-21+/t23?,25-/m0/s1. The second kappa shape index (κ2) is 20.8. The average molecular weight is 510 g/mol. The molecule has 0 bridgehead atoms. The summed E-state index contributed by atoms with van der Waals surface area (Å²) in [5.41, 5.74) is 0. The summed E-state index contributed by atoms with van der Waals surface area (Å²) in [6, 6.07) is -1.61. The zero-order valence-electron chi connectivity index (χ0n) is 20.7. The molecule has 35 heavy (non-hydrogen) atoms. The molecule has 0 heterocycles. The fourth-order valence-corrected chi connectivity index (χ4v) is 3.46. The number of carbonyl (C=O) groups excluding carboxylic acids is 1. The highest BCUT2D eigenvalue weighted by atomic mass is 31.2. The van der Waals surface area contributed by atoms with Crippen LogP contribution in [0.2, 0.25) is 0 Å². The summed E-state index contributed by atoms with van der Waals surface area (Å²) in [7, 11) is -4.88. The van der Waals surface area contributed by atoms with Crippen LogP contribution in [-0.4, -0.2) is 38.9 Å². The summed E-state index contributed by atoms with van der Waals surface area (Å²) in [5, 5.41) is 11.2. The predicted octanol–water partition coefficient (Wildman–Crippen LogP) is 5.53. The van der Waals surface area contributed by atoms with Gasteiger partial charge in [-0.25, -0.2) is 9.36 Å². The minimum Gasteiger partial charge on any atom is -0.480 e. The Labute approximate surface area is 209 Å². The van der Waals surface area contributed by atoms with Crippen LogP contribution in [0.15, 0.2) is 72.9 Å². The van der Waals surface area contributed by atoms with E-state index in [0.29, 0.717) is 0 Å². The van der Waals surface area contributed by atoms with Crippen LogP contribution in [-0.2, 0) is 18.7 Å².